The van der Waals surface area contributed by atoms with E-state index in [1.807, 2.05) is 13.8 Å². The number of nitrogens with zero attached hydrogens (tertiary/aromatic N) is 4. The van der Waals surface area contributed by atoms with Crippen LogP contribution in [0.15, 0.2) is 24.3 Å². The standard InChI is InChI=1S/C51H82N8O12/c1-18-30(7)42-47(66)53-26-39(60)57(14)37(24-28(3)4)45(64)52-27-40(61)59(16)41(29(5)6)48(67)58(15)38(25-34-20-22-35(70-17)23-21-34)46(65)54-32(9)43(62)51(11,12)50(69)56(13)33(10)44(63)55-36(19-2)31(8)49(68)71-42/h20-23,28-33,36-38,41-42H,18-19,24-27H2,1-17H3,(H,52,64)(H,53,66)(H,54,65)(H,55,63)/t30-,31-,32-,33-,36+,37-,38?,41-,42-/m0/s1. The maximum atomic E-state index is 14.6. The zero-order valence-corrected chi connectivity index (χ0v) is 45.1. The number of hydrogen-bond donors (Lipinski definition) is 4. The van der Waals surface area contributed by atoms with Gasteiger partial charge >= 0.3 is 5.97 Å². The van der Waals surface area contributed by atoms with E-state index in [1.54, 1.807) is 58.9 Å². The van der Waals surface area contributed by atoms with Crippen LogP contribution < -0.4 is 26.0 Å². The lowest BCUT2D eigenvalue weighted by atomic mass is 9.82. The van der Waals surface area contributed by atoms with Crippen LogP contribution in [0.1, 0.15) is 108 Å². The normalized spacial score (nSPS) is 26.7. The third-order valence-corrected chi connectivity index (χ3v) is 13.7. The number of hydrogen-bond acceptors (Lipinski definition) is 12. The fourth-order valence-electron chi connectivity index (χ4n) is 8.40. The van der Waals surface area contributed by atoms with Crippen LogP contribution in [0.3, 0.4) is 0 Å². The predicted molar refractivity (Wildman–Crippen MR) is 266 cm³/mol. The first-order valence-corrected chi connectivity index (χ1v) is 24.6. The van der Waals surface area contributed by atoms with Crippen LogP contribution >= 0.6 is 0 Å². The Morgan fingerprint density at radius 3 is 1.76 bits per heavy atom. The van der Waals surface area contributed by atoms with E-state index < -0.39 is 138 Å². The molecule has 1 unspecified atom stereocenters. The number of cyclic esters (lactones) is 1. The molecule has 20 nitrogen and oxygen atoms in total. The predicted octanol–water partition coefficient (Wildman–Crippen LogP) is 2.10. The molecule has 8 amide bonds. The van der Waals surface area contributed by atoms with E-state index in [4.69, 9.17) is 9.47 Å². The van der Waals surface area contributed by atoms with Gasteiger partial charge in [-0.05, 0) is 83.4 Å². The van der Waals surface area contributed by atoms with Crippen molar-refractivity contribution in [1.29, 1.82) is 0 Å². The van der Waals surface area contributed by atoms with Gasteiger partial charge < -0.3 is 50.3 Å². The average Bonchev–Trinajstić information content (AvgIpc) is 3.33. The smallest absolute Gasteiger partial charge is 0.311 e. The van der Waals surface area contributed by atoms with Gasteiger partial charge in [-0.1, -0.05) is 60.6 Å². The number of methoxy groups -OCH3 is 1. The Morgan fingerprint density at radius 2 is 1.25 bits per heavy atom. The number of carbonyl (C=O) groups is 10. The van der Waals surface area contributed by atoms with Crippen LogP contribution in [-0.2, 0) is 59.1 Å². The highest BCUT2D eigenvalue weighted by Crippen LogP contribution is 2.25. The van der Waals surface area contributed by atoms with Crippen molar-refractivity contribution in [3.05, 3.63) is 29.8 Å². The molecule has 1 aliphatic heterocycles. The number of carbonyl (C=O) groups excluding carboxylic acids is 10. The van der Waals surface area contributed by atoms with E-state index in [0.29, 0.717) is 17.7 Å². The number of benzene rings is 1. The van der Waals surface area contributed by atoms with E-state index in [9.17, 15) is 47.9 Å². The zero-order valence-electron chi connectivity index (χ0n) is 45.1. The van der Waals surface area contributed by atoms with E-state index in [0.717, 1.165) is 4.90 Å². The second kappa shape index (κ2) is 26.9. The molecule has 0 bridgehead atoms. The van der Waals surface area contributed by atoms with E-state index >= 15 is 0 Å². The highest BCUT2D eigenvalue weighted by atomic mass is 16.5. The van der Waals surface area contributed by atoms with Crippen LogP contribution in [0, 0.1) is 29.1 Å². The second-order valence-electron chi connectivity index (χ2n) is 20.2. The van der Waals surface area contributed by atoms with Gasteiger partial charge in [-0.3, -0.25) is 47.9 Å². The maximum Gasteiger partial charge on any atom is 0.311 e. The van der Waals surface area contributed by atoms with Gasteiger partial charge in [0.1, 0.15) is 35.3 Å². The Kier molecular flexibility index (Phi) is 23.2. The van der Waals surface area contributed by atoms with E-state index in [1.165, 1.54) is 84.6 Å². The lowest BCUT2D eigenvalue weighted by molar-refractivity contribution is -0.164. The Morgan fingerprint density at radius 1 is 0.704 bits per heavy atom. The molecular formula is C51H82N8O12. The third-order valence-electron chi connectivity index (χ3n) is 13.7. The van der Waals surface area contributed by atoms with Crippen molar-refractivity contribution in [3.63, 3.8) is 0 Å². The van der Waals surface area contributed by atoms with E-state index in [2.05, 4.69) is 21.3 Å². The highest BCUT2D eigenvalue weighted by molar-refractivity contribution is 6.09. The van der Waals surface area contributed by atoms with Crippen molar-refractivity contribution in [2.75, 3.05) is 48.4 Å². The summed E-state index contributed by atoms with van der Waals surface area (Å²) in [7, 11) is 7.09. The molecule has 1 aliphatic rings. The number of nitrogens with one attached hydrogen (secondary N) is 4. The van der Waals surface area contributed by atoms with Crippen LogP contribution in [0.2, 0.25) is 0 Å². The largest absolute Gasteiger partial charge is 0.497 e. The molecule has 0 spiro atoms. The summed E-state index contributed by atoms with van der Waals surface area (Å²) in [4.78, 5) is 145. The van der Waals surface area contributed by atoms with Crippen molar-refractivity contribution in [2.45, 2.75) is 151 Å². The fraction of sp³-hybridized carbons (Fsp3) is 0.686. The summed E-state index contributed by atoms with van der Waals surface area (Å²) in [5.41, 5.74) is -1.15. The molecule has 1 saturated heterocycles. The number of Topliss-reactive ketones (excluding diaryl/α,β-unsaturated/α-hetero) is 1. The Bertz CT molecular complexity index is 2080. The molecule has 0 aliphatic carbocycles. The molecular weight excluding hydrogens is 917 g/mol. The monoisotopic (exact) mass is 999 g/mol. The number of likely N-dealkylation sites (N-methyl/N-ethyl adjacent to an activating group) is 4. The molecule has 1 aromatic carbocycles. The SMILES string of the molecule is CC[C@H](C)[C@@H]1OC(=O)[C@@H](C)[C@@H](CC)NC(=O)[C@H](C)N(C)C(=O)C(C)(C)C(=O)[C@H](C)NC(=O)C(Cc2ccc(OC)cc2)N(C)C(=O)[C@H](C(C)C)N(C)C(=O)CNC(=O)[C@H](CC(C)C)N(C)C(=O)CNC1=O. The average molecular weight is 999 g/mol. The second-order valence-corrected chi connectivity index (χ2v) is 20.2. The number of ketones is 1. The number of rotatable bonds is 9. The topological polar surface area (TPSA) is 250 Å². The first kappa shape index (κ1) is 61.0. The van der Waals surface area contributed by atoms with Gasteiger partial charge in [0.2, 0.25) is 41.4 Å². The Balaban J connectivity index is 2.72. The first-order valence-electron chi connectivity index (χ1n) is 24.6. The lowest BCUT2D eigenvalue weighted by Gasteiger charge is -2.37. The summed E-state index contributed by atoms with van der Waals surface area (Å²) in [6.45, 7) is 18.5. The Labute approximate surface area is 420 Å². The molecule has 9 atom stereocenters. The molecule has 1 heterocycles. The van der Waals surface area contributed by atoms with Gasteiger partial charge in [0.25, 0.3) is 5.91 Å². The minimum atomic E-state index is -1.79. The summed E-state index contributed by atoms with van der Waals surface area (Å²) in [6, 6.07) is 0.125. The summed E-state index contributed by atoms with van der Waals surface area (Å²) in [6.07, 6.45) is -0.495. The molecule has 0 radical (unpaired) electrons. The van der Waals surface area contributed by atoms with Crippen LogP contribution in [0.4, 0.5) is 0 Å². The molecule has 1 fully saturated rings. The van der Waals surface area contributed by atoms with Gasteiger partial charge in [-0.2, -0.15) is 0 Å². The number of amides is 8. The fourth-order valence-corrected chi connectivity index (χ4v) is 8.40. The Hall–Kier alpha value is -6.08. The van der Waals surface area contributed by atoms with Crippen molar-refractivity contribution >= 4 is 59.0 Å². The first-order chi connectivity index (χ1) is 33.0. The molecule has 0 aromatic heterocycles. The highest BCUT2D eigenvalue weighted by Gasteiger charge is 2.45. The quantitative estimate of drug-likeness (QED) is 0.205. The third kappa shape index (κ3) is 16.0. The molecule has 0 saturated carbocycles. The van der Waals surface area contributed by atoms with Crippen molar-refractivity contribution in [3.8, 4) is 5.75 Å². The van der Waals surface area contributed by atoms with Crippen molar-refractivity contribution < 1.29 is 57.4 Å². The van der Waals surface area contributed by atoms with Gasteiger partial charge in [-0.15, -0.1) is 0 Å². The molecule has 1 aromatic rings. The summed E-state index contributed by atoms with van der Waals surface area (Å²) in [5, 5.41) is 10.7. The molecule has 20 heteroatoms. The number of ether oxygens (including phenoxy) is 2. The summed E-state index contributed by atoms with van der Waals surface area (Å²) in [5.74, 6) is -8.41. The molecule has 71 heavy (non-hydrogen) atoms. The molecule has 398 valence electrons. The van der Waals surface area contributed by atoms with Crippen LogP contribution in [0.25, 0.3) is 0 Å². The van der Waals surface area contributed by atoms with Crippen molar-refractivity contribution in [1.82, 2.24) is 40.9 Å². The molecule has 4 N–H and O–H groups in total. The minimum Gasteiger partial charge on any atom is -0.497 e. The van der Waals surface area contributed by atoms with Gasteiger partial charge in [-0.25, -0.2) is 0 Å². The zero-order chi connectivity index (χ0) is 54.4. The van der Waals surface area contributed by atoms with Crippen LogP contribution in [0.5, 0.6) is 5.75 Å². The molecule has 2 rings (SSSR count). The van der Waals surface area contributed by atoms with Crippen molar-refractivity contribution in [2.24, 2.45) is 29.1 Å². The van der Waals surface area contributed by atoms with Gasteiger partial charge in [0.05, 0.1) is 32.2 Å². The van der Waals surface area contributed by atoms with Gasteiger partial charge in [0, 0.05) is 46.6 Å². The van der Waals surface area contributed by atoms with Gasteiger partial charge in [0.15, 0.2) is 11.9 Å². The summed E-state index contributed by atoms with van der Waals surface area (Å²) < 4.78 is 11.1. The van der Waals surface area contributed by atoms with Crippen LogP contribution in [-0.4, -0.2) is 169 Å². The lowest BCUT2D eigenvalue weighted by Crippen LogP contribution is -2.60. The maximum absolute atomic E-state index is 14.6. The number of esters is 1. The summed E-state index contributed by atoms with van der Waals surface area (Å²) >= 11 is 0. The minimum absolute atomic E-state index is 0.0319. The van der Waals surface area contributed by atoms with E-state index in [-0.39, 0.29) is 25.2 Å².